The number of carboxylic acid groups (broad SMARTS) is 1. The van der Waals surface area contributed by atoms with Crippen molar-refractivity contribution < 1.29 is 32.6 Å². The van der Waals surface area contributed by atoms with Crippen molar-refractivity contribution in [1.29, 1.82) is 0 Å². The quantitative estimate of drug-likeness (QED) is 0.534. The number of aliphatic carboxylic acids is 1. The number of halogens is 3. The van der Waals surface area contributed by atoms with Crippen LogP contribution in [0, 0.1) is 0 Å². The highest BCUT2D eigenvalue weighted by atomic mass is 19.4. The lowest BCUT2D eigenvalue weighted by molar-refractivity contribution is -0.144. The first-order chi connectivity index (χ1) is 17.2. The summed E-state index contributed by atoms with van der Waals surface area (Å²) in [5.74, 6) is -0.948. The molecule has 3 aromatic rings. The van der Waals surface area contributed by atoms with Crippen LogP contribution in [0.2, 0.25) is 0 Å². The number of fused-ring (bicyclic) bond motifs is 1. The number of benzene rings is 2. The normalized spacial score (nSPS) is 17.2. The second kappa shape index (κ2) is 8.69. The van der Waals surface area contributed by atoms with E-state index in [0.717, 1.165) is 17.5 Å². The third kappa shape index (κ3) is 3.81. The molecule has 1 aromatic heterocycles. The van der Waals surface area contributed by atoms with Crippen molar-refractivity contribution in [2.45, 2.75) is 43.7 Å². The molecule has 0 bridgehead atoms. The summed E-state index contributed by atoms with van der Waals surface area (Å²) in [6.07, 6.45) is -1.97. The Morgan fingerprint density at radius 3 is 2.19 bits per heavy atom. The number of carbonyl (C=O) groups is 2. The highest BCUT2D eigenvalue weighted by Gasteiger charge is 2.44. The van der Waals surface area contributed by atoms with E-state index in [-0.39, 0.29) is 24.2 Å². The van der Waals surface area contributed by atoms with Crippen molar-refractivity contribution in [3.8, 4) is 11.4 Å². The largest absolute Gasteiger partial charge is 0.497 e. The van der Waals surface area contributed by atoms with E-state index < -0.39 is 29.2 Å². The Kier molecular flexibility index (Phi) is 5.77. The van der Waals surface area contributed by atoms with E-state index >= 15 is 0 Å². The molecular formula is C26H24F3N3O4. The topological polar surface area (TPSA) is 84.7 Å². The molecular weight excluding hydrogens is 475 g/mol. The summed E-state index contributed by atoms with van der Waals surface area (Å²) in [6, 6.07) is 13.0. The van der Waals surface area contributed by atoms with Crippen LogP contribution in [0.4, 0.5) is 18.9 Å². The van der Waals surface area contributed by atoms with Gasteiger partial charge in [0.15, 0.2) is 5.69 Å². The molecule has 36 heavy (non-hydrogen) atoms. The number of carbonyl (C=O) groups excluding carboxylic acids is 1. The first-order valence-corrected chi connectivity index (χ1v) is 11.6. The zero-order chi connectivity index (χ0) is 25.7. The van der Waals surface area contributed by atoms with E-state index in [0.29, 0.717) is 35.5 Å². The summed E-state index contributed by atoms with van der Waals surface area (Å²) < 4.78 is 47.5. The van der Waals surface area contributed by atoms with Crippen LogP contribution in [0.25, 0.3) is 5.69 Å². The van der Waals surface area contributed by atoms with Crippen LogP contribution in [-0.2, 0) is 22.8 Å². The zero-order valence-corrected chi connectivity index (χ0v) is 19.5. The van der Waals surface area contributed by atoms with Crippen molar-refractivity contribution in [2.24, 2.45) is 0 Å². The van der Waals surface area contributed by atoms with E-state index in [9.17, 15) is 27.9 Å². The van der Waals surface area contributed by atoms with Crippen LogP contribution in [0.1, 0.15) is 53.0 Å². The first-order valence-electron chi connectivity index (χ1n) is 11.6. The molecule has 1 amide bonds. The summed E-state index contributed by atoms with van der Waals surface area (Å²) in [5.41, 5.74) is -0.814. The number of hydrogen-bond donors (Lipinski definition) is 1. The molecule has 2 aliphatic rings. The zero-order valence-electron chi connectivity index (χ0n) is 19.5. The van der Waals surface area contributed by atoms with Crippen molar-refractivity contribution in [3.63, 3.8) is 0 Å². The molecule has 0 atom stereocenters. The van der Waals surface area contributed by atoms with Gasteiger partial charge >= 0.3 is 12.1 Å². The number of carboxylic acids is 1. The van der Waals surface area contributed by atoms with Crippen molar-refractivity contribution in [3.05, 3.63) is 71.0 Å². The third-order valence-corrected chi connectivity index (χ3v) is 7.20. The summed E-state index contributed by atoms with van der Waals surface area (Å²) in [4.78, 5) is 27.0. The van der Waals surface area contributed by atoms with Gasteiger partial charge in [0, 0.05) is 17.8 Å². The minimum atomic E-state index is -4.71. The fourth-order valence-electron chi connectivity index (χ4n) is 5.31. The summed E-state index contributed by atoms with van der Waals surface area (Å²) in [7, 11) is 1.48. The number of nitrogens with zero attached hydrogens (tertiary/aromatic N) is 3. The average molecular weight is 499 g/mol. The van der Waals surface area contributed by atoms with Gasteiger partial charge in [-0.05, 0) is 61.2 Å². The molecule has 0 spiro atoms. The Morgan fingerprint density at radius 2 is 1.64 bits per heavy atom. The molecule has 2 aromatic carbocycles. The van der Waals surface area contributed by atoms with Crippen molar-refractivity contribution in [1.82, 2.24) is 9.78 Å². The lowest BCUT2D eigenvalue weighted by Crippen LogP contribution is -2.39. The summed E-state index contributed by atoms with van der Waals surface area (Å²) in [5, 5.41) is 13.7. The standard InChI is InChI=1S/C26H24F3N3O4/c1-36-19-10-8-18(9-11-19)32-21-20(22(30-32)26(27,28)29)12-15-31(23(21)33)17-6-4-16(5-7-17)25(24(34)35)13-2-3-14-25/h4-11H,2-3,12-15H2,1H3,(H,34,35). The Bertz CT molecular complexity index is 1310. The van der Waals surface area contributed by atoms with Gasteiger partial charge in [0.1, 0.15) is 11.4 Å². The molecule has 0 unspecified atom stereocenters. The average Bonchev–Trinajstić information content (AvgIpc) is 3.51. The first kappa shape index (κ1) is 23.9. The van der Waals surface area contributed by atoms with Gasteiger partial charge in [0.2, 0.25) is 0 Å². The number of rotatable bonds is 5. The molecule has 1 aliphatic carbocycles. The van der Waals surface area contributed by atoms with Crippen molar-refractivity contribution >= 4 is 17.6 Å². The minimum Gasteiger partial charge on any atom is -0.497 e. The second-order valence-electron chi connectivity index (χ2n) is 9.13. The van der Waals surface area contributed by atoms with Gasteiger partial charge < -0.3 is 14.7 Å². The molecule has 2 heterocycles. The third-order valence-electron chi connectivity index (χ3n) is 7.20. The van der Waals surface area contributed by atoms with Crippen molar-refractivity contribution in [2.75, 3.05) is 18.6 Å². The lowest BCUT2D eigenvalue weighted by Gasteiger charge is -2.29. The van der Waals surface area contributed by atoms with E-state index in [1.807, 2.05) is 0 Å². The second-order valence-corrected chi connectivity index (χ2v) is 9.13. The molecule has 1 fully saturated rings. The highest BCUT2D eigenvalue weighted by molar-refractivity contribution is 6.07. The number of anilines is 1. The molecule has 10 heteroatoms. The molecule has 1 aliphatic heterocycles. The lowest BCUT2D eigenvalue weighted by atomic mass is 9.79. The minimum absolute atomic E-state index is 0.0209. The number of alkyl halides is 3. The molecule has 7 nitrogen and oxygen atoms in total. The molecule has 188 valence electrons. The van der Waals surface area contributed by atoms with Crippen LogP contribution < -0.4 is 9.64 Å². The van der Waals surface area contributed by atoms with Gasteiger partial charge in [-0.3, -0.25) is 9.59 Å². The fraction of sp³-hybridized carbons (Fsp3) is 0.346. The maximum Gasteiger partial charge on any atom is 0.435 e. The van der Waals surface area contributed by atoms with E-state index in [1.54, 1.807) is 48.5 Å². The smallest absolute Gasteiger partial charge is 0.435 e. The SMILES string of the molecule is COc1ccc(-n2nc(C(F)(F)F)c3c2C(=O)N(c2ccc(C4(C(=O)O)CCCC4)cc2)CC3)cc1. The van der Waals surface area contributed by atoms with Gasteiger partial charge in [-0.2, -0.15) is 18.3 Å². The van der Waals surface area contributed by atoms with Gasteiger partial charge in [-0.15, -0.1) is 0 Å². The van der Waals surface area contributed by atoms with Gasteiger partial charge in [-0.1, -0.05) is 25.0 Å². The van der Waals surface area contributed by atoms with E-state index in [4.69, 9.17) is 4.74 Å². The number of amides is 1. The van der Waals surface area contributed by atoms with Crippen LogP contribution in [-0.4, -0.2) is 40.4 Å². The Morgan fingerprint density at radius 1 is 1.03 bits per heavy atom. The number of aromatic nitrogens is 2. The summed E-state index contributed by atoms with van der Waals surface area (Å²) in [6.45, 7) is 0.0483. The molecule has 1 saturated carbocycles. The molecule has 1 N–H and O–H groups in total. The predicted octanol–water partition coefficient (Wildman–Crippen LogP) is 5.00. The molecule has 0 saturated heterocycles. The molecule has 0 radical (unpaired) electrons. The van der Waals surface area contributed by atoms with Gasteiger partial charge in [-0.25, -0.2) is 4.68 Å². The summed E-state index contributed by atoms with van der Waals surface area (Å²) >= 11 is 0. The Labute approximate surface area is 205 Å². The van der Waals surface area contributed by atoms with Crippen LogP contribution in [0.15, 0.2) is 48.5 Å². The van der Waals surface area contributed by atoms with Gasteiger partial charge in [0.25, 0.3) is 5.91 Å². The number of methoxy groups -OCH3 is 1. The number of hydrogen-bond acceptors (Lipinski definition) is 4. The predicted molar refractivity (Wildman–Crippen MR) is 125 cm³/mol. The molecule has 5 rings (SSSR count). The van der Waals surface area contributed by atoms with E-state index in [1.165, 1.54) is 12.0 Å². The maximum atomic E-state index is 13.8. The Hall–Kier alpha value is -3.82. The maximum absolute atomic E-state index is 13.8. The Balaban J connectivity index is 1.53. The van der Waals surface area contributed by atoms with Crippen LogP contribution in [0.3, 0.4) is 0 Å². The van der Waals surface area contributed by atoms with Crippen LogP contribution >= 0.6 is 0 Å². The number of ether oxygens (including phenoxy) is 1. The fourth-order valence-corrected chi connectivity index (χ4v) is 5.31. The van der Waals surface area contributed by atoms with Gasteiger partial charge in [0.05, 0.1) is 18.2 Å². The van der Waals surface area contributed by atoms with E-state index in [2.05, 4.69) is 5.10 Å². The monoisotopic (exact) mass is 499 g/mol. The highest BCUT2D eigenvalue weighted by Crippen LogP contribution is 2.42. The van der Waals surface area contributed by atoms with Crippen LogP contribution in [0.5, 0.6) is 5.75 Å².